The lowest BCUT2D eigenvalue weighted by atomic mass is 10.1. The van der Waals surface area contributed by atoms with Crippen molar-refractivity contribution in [2.45, 2.75) is 31.6 Å². The van der Waals surface area contributed by atoms with Crippen LogP contribution in [0.5, 0.6) is 5.75 Å². The zero-order valence-electron chi connectivity index (χ0n) is 16.7. The van der Waals surface area contributed by atoms with Crippen molar-refractivity contribution >= 4 is 43.6 Å². The fraction of sp³-hybridized carbons (Fsp3) is 0.238. The first-order chi connectivity index (χ1) is 14.3. The number of nitrogens with one attached hydrogen (secondary N) is 2. The number of nitrogens with zero attached hydrogens (tertiary/aromatic N) is 1. The van der Waals surface area contributed by atoms with E-state index in [1.54, 1.807) is 5.38 Å². The van der Waals surface area contributed by atoms with Gasteiger partial charge in [0.05, 0.1) is 28.5 Å². The SMILES string of the molecule is CCc1ccc(Nc2nc(CC(=O)Nc3cc(S(=O)(=O)CC)ccc3O)cs2)cc1. The van der Waals surface area contributed by atoms with Crippen molar-refractivity contribution in [3.05, 3.63) is 59.1 Å². The largest absolute Gasteiger partial charge is 0.506 e. The number of hydrogen-bond donors (Lipinski definition) is 3. The Kier molecular flexibility index (Phi) is 6.73. The van der Waals surface area contributed by atoms with Crippen molar-refractivity contribution in [1.29, 1.82) is 0 Å². The van der Waals surface area contributed by atoms with E-state index >= 15 is 0 Å². The normalized spacial score (nSPS) is 11.3. The summed E-state index contributed by atoms with van der Waals surface area (Å²) in [6, 6.07) is 11.9. The minimum absolute atomic E-state index is 0.00283. The predicted octanol–water partition coefficient (Wildman–Crippen LogP) is 4.13. The summed E-state index contributed by atoms with van der Waals surface area (Å²) in [5, 5.41) is 18.2. The summed E-state index contributed by atoms with van der Waals surface area (Å²) in [5.74, 6) is -0.670. The van der Waals surface area contributed by atoms with Crippen LogP contribution in [-0.2, 0) is 27.5 Å². The monoisotopic (exact) mass is 445 g/mol. The average Bonchev–Trinajstić information content (AvgIpc) is 3.16. The van der Waals surface area contributed by atoms with Gasteiger partial charge in [-0.3, -0.25) is 4.79 Å². The van der Waals surface area contributed by atoms with Crippen LogP contribution in [0.2, 0.25) is 0 Å². The third-order valence-electron chi connectivity index (χ3n) is 4.49. The number of rotatable bonds is 8. The number of carbonyl (C=O) groups is 1. The average molecular weight is 446 g/mol. The van der Waals surface area contributed by atoms with Crippen molar-refractivity contribution in [3.63, 3.8) is 0 Å². The molecule has 3 N–H and O–H groups in total. The van der Waals surface area contributed by atoms with Crippen LogP contribution in [0.25, 0.3) is 0 Å². The molecule has 0 radical (unpaired) electrons. The summed E-state index contributed by atoms with van der Waals surface area (Å²) < 4.78 is 24.0. The molecule has 30 heavy (non-hydrogen) atoms. The van der Waals surface area contributed by atoms with Gasteiger partial charge in [0, 0.05) is 11.1 Å². The molecular formula is C21H23N3O4S2. The number of sulfone groups is 1. The van der Waals surface area contributed by atoms with E-state index in [1.807, 2.05) is 24.3 Å². The van der Waals surface area contributed by atoms with Crippen molar-refractivity contribution < 1.29 is 18.3 Å². The van der Waals surface area contributed by atoms with Gasteiger partial charge in [-0.1, -0.05) is 26.0 Å². The van der Waals surface area contributed by atoms with E-state index in [9.17, 15) is 18.3 Å². The fourth-order valence-corrected chi connectivity index (χ4v) is 4.36. The topological polar surface area (TPSA) is 108 Å². The zero-order valence-corrected chi connectivity index (χ0v) is 18.3. The van der Waals surface area contributed by atoms with Gasteiger partial charge in [-0.05, 0) is 42.3 Å². The lowest BCUT2D eigenvalue weighted by Gasteiger charge is -2.09. The molecule has 3 rings (SSSR count). The maximum absolute atomic E-state index is 12.4. The Morgan fingerprint density at radius 2 is 1.87 bits per heavy atom. The molecule has 0 unspecified atom stereocenters. The minimum atomic E-state index is -3.44. The Balaban J connectivity index is 1.65. The smallest absolute Gasteiger partial charge is 0.230 e. The van der Waals surface area contributed by atoms with Gasteiger partial charge in [-0.2, -0.15) is 0 Å². The highest BCUT2D eigenvalue weighted by Gasteiger charge is 2.16. The summed E-state index contributed by atoms with van der Waals surface area (Å²) in [4.78, 5) is 16.8. The molecular weight excluding hydrogens is 422 g/mol. The molecule has 0 atom stereocenters. The van der Waals surface area contributed by atoms with E-state index in [2.05, 4.69) is 22.5 Å². The molecule has 0 fully saturated rings. The van der Waals surface area contributed by atoms with Crippen LogP contribution in [0.15, 0.2) is 52.7 Å². The molecule has 1 aromatic heterocycles. The molecule has 0 saturated carbocycles. The number of aryl methyl sites for hydroxylation is 1. The van der Waals surface area contributed by atoms with Gasteiger partial charge < -0.3 is 15.7 Å². The minimum Gasteiger partial charge on any atom is -0.506 e. The maximum atomic E-state index is 12.4. The van der Waals surface area contributed by atoms with Crippen LogP contribution in [0, 0.1) is 0 Å². The first kappa shape index (κ1) is 21.8. The molecule has 9 heteroatoms. The van der Waals surface area contributed by atoms with E-state index < -0.39 is 15.7 Å². The summed E-state index contributed by atoms with van der Waals surface area (Å²) in [7, 11) is -3.44. The second kappa shape index (κ2) is 9.27. The van der Waals surface area contributed by atoms with Gasteiger partial charge in [0.25, 0.3) is 0 Å². The second-order valence-corrected chi connectivity index (χ2v) is 9.76. The van der Waals surface area contributed by atoms with Gasteiger partial charge in [0.2, 0.25) is 5.91 Å². The molecule has 0 spiro atoms. The highest BCUT2D eigenvalue weighted by Crippen LogP contribution is 2.27. The first-order valence-corrected chi connectivity index (χ1v) is 12.0. The number of amides is 1. The molecule has 158 valence electrons. The van der Waals surface area contributed by atoms with Gasteiger partial charge in [-0.15, -0.1) is 11.3 Å². The fourth-order valence-electron chi connectivity index (χ4n) is 2.73. The van der Waals surface area contributed by atoms with E-state index in [0.29, 0.717) is 10.8 Å². The molecule has 1 heterocycles. The van der Waals surface area contributed by atoms with Crippen molar-refractivity contribution in [1.82, 2.24) is 4.98 Å². The Bertz CT molecular complexity index is 1140. The summed E-state index contributed by atoms with van der Waals surface area (Å²) in [6.07, 6.45) is 0.969. The molecule has 0 saturated heterocycles. The molecule has 1 amide bonds. The molecule has 0 bridgehead atoms. The van der Waals surface area contributed by atoms with Crippen molar-refractivity contribution in [2.75, 3.05) is 16.4 Å². The summed E-state index contributed by atoms with van der Waals surface area (Å²) in [6.45, 7) is 3.63. The number of thiazole rings is 1. The summed E-state index contributed by atoms with van der Waals surface area (Å²) >= 11 is 1.38. The van der Waals surface area contributed by atoms with Gasteiger partial charge >= 0.3 is 0 Å². The Hall–Kier alpha value is -2.91. The Labute approximate surface area is 179 Å². The molecule has 0 aliphatic rings. The number of benzene rings is 2. The number of carbonyl (C=O) groups excluding carboxylic acids is 1. The quantitative estimate of drug-likeness (QED) is 0.450. The highest BCUT2D eigenvalue weighted by molar-refractivity contribution is 7.91. The van der Waals surface area contributed by atoms with Crippen LogP contribution in [0.3, 0.4) is 0 Å². The molecule has 2 aromatic carbocycles. The van der Waals surface area contributed by atoms with Crippen molar-refractivity contribution in [3.8, 4) is 5.75 Å². The number of phenols is 1. The van der Waals surface area contributed by atoms with E-state index in [-0.39, 0.29) is 28.5 Å². The number of anilines is 3. The summed E-state index contributed by atoms with van der Waals surface area (Å²) in [5.41, 5.74) is 2.79. The highest BCUT2D eigenvalue weighted by atomic mass is 32.2. The predicted molar refractivity (Wildman–Crippen MR) is 119 cm³/mol. The number of hydrogen-bond acceptors (Lipinski definition) is 7. The third-order valence-corrected chi connectivity index (χ3v) is 7.03. The molecule has 0 aliphatic carbocycles. The Morgan fingerprint density at radius 1 is 1.13 bits per heavy atom. The molecule has 7 nitrogen and oxygen atoms in total. The van der Waals surface area contributed by atoms with E-state index in [1.165, 1.54) is 42.0 Å². The van der Waals surface area contributed by atoms with E-state index in [0.717, 1.165) is 12.1 Å². The van der Waals surface area contributed by atoms with Gasteiger partial charge in [-0.25, -0.2) is 13.4 Å². The van der Waals surface area contributed by atoms with Crippen LogP contribution >= 0.6 is 11.3 Å². The van der Waals surface area contributed by atoms with Crippen molar-refractivity contribution in [2.24, 2.45) is 0 Å². The molecule has 3 aromatic rings. The van der Waals surface area contributed by atoms with E-state index in [4.69, 9.17) is 0 Å². The lowest BCUT2D eigenvalue weighted by molar-refractivity contribution is -0.115. The lowest BCUT2D eigenvalue weighted by Crippen LogP contribution is -2.15. The second-order valence-electron chi connectivity index (χ2n) is 6.63. The number of aromatic hydroxyl groups is 1. The maximum Gasteiger partial charge on any atom is 0.230 e. The zero-order chi connectivity index (χ0) is 21.7. The third kappa shape index (κ3) is 5.37. The van der Waals surface area contributed by atoms with Crippen LogP contribution in [0.4, 0.5) is 16.5 Å². The first-order valence-electron chi connectivity index (χ1n) is 9.46. The standard InChI is InChI=1S/C21H23N3O4S2/c1-3-14-5-7-15(8-6-14)22-21-23-16(13-29-21)11-20(26)24-18-12-17(9-10-19(18)25)30(27,28)4-2/h5-10,12-13,25H,3-4,11H2,1-2H3,(H,22,23)(H,24,26). The Morgan fingerprint density at radius 3 is 2.53 bits per heavy atom. The van der Waals surface area contributed by atoms with Gasteiger partial charge in [0.1, 0.15) is 5.75 Å². The number of phenolic OH excluding ortho intramolecular Hbond substituents is 1. The van der Waals surface area contributed by atoms with Crippen LogP contribution in [-0.4, -0.2) is 30.2 Å². The van der Waals surface area contributed by atoms with Gasteiger partial charge in [0.15, 0.2) is 15.0 Å². The van der Waals surface area contributed by atoms with Crippen LogP contribution in [0.1, 0.15) is 25.1 Å². The van der Waals surface area contributed by atoms with Crippen LogP contribution < -0.4 is 10.6 Å². The number of aromatic nitrogens is 1. The molecule has 0 aliphatic heterocycles.